The van der Waals surface area contributed by atoms with Crippen molar-refractivity contribution in [1.29, 1.82) is 0 Å². The van der Waals surface area contributed by atoms with Gasteiger partial charge in [0.15, 0.2) is 0 Å². The summed E-state index contributed by atoms with van der Waals surface area (Å²) in [6.07, 6.45) is -1.52. The Morgan fingerprint density at radius 2 is 0.561 bits per heavy atom. The number of aliphatic hydroxyl groups is 8. The van der Waals surface area contributed by atoms with Gasteiger partial charge in [-0.15, -0.1) is 0 Å². The van der Waals surface area contributed by atoms with Gasteiger partial charge in [-0.1, -0.05) is 0 Å². The molecule has 0 aliphatic rings. The molecular formula is C24H44O16Tc. The average molecular weight is 687 g/mol. The second-order valence-electron chi connectivity index (χ2n) is 10.1. The van der Waals surface area contributed by atoms with Crippen LogP contribution in [0.25, 0.3) is 0 Å². The van der Waals surface area contributed by atoms with Crippen LogP contribution in [0.15, 0.2) is 0 Å². The Morgan fingerprint density at radius 3 is 0.634 bits per heavy atom. The molecule has 0 fully saturated rings. The summed E-state index contributed by atoms with van der Waals surface area (Å²) in [5.74, 6) is -5.23. The van der Waals surface area contributed by atoms with Crippen LogP contribution in [-0.4, -0.2) is 114 Å². The second-order valence-corrected chi connectivity index (χ2v) is 10.1. The Balaban J connectivity index is -0.000000139. The number of carboxylic acid groups (broad SMARTS) is 4. The SMILES string of the molecule is C[C@@](O)(CCO)CC(=O)[O-].C[C@@](O)(CCO)CC(=O)[O-].C[C@@](O)(CCO)CC(=O)[O-].C[C@@](O)(CCO)CC(=O)[O-].[Tc+4]. The van der Waals surface area contributed by atoms with Crippen molar-refractivity contribution in [3.63, 3.8) is 0 Å². The van der Waals surface area contributed by atoms with Gasteiger partial charge in [0.05, 0.1) is 22.4 Å². The number of aliphatic hydroxyl groups excluding tert-OH is 4. The number of hydrogen-bond donors (Lipinski definition) is 8. The van der Waals surface area contributed by atoms with E-state index in [9.17, 15) is 39.6 Å². The summed E-state index contributed by atoms with van der Waals surface area (Å²) >= 11 is 0. The van der Waals surface area contributed by atoms with Crippen molar-refractivity contribution in [1.82, 2.24) is 0 Å². The van der Waals surface area contributed by atoms with Gasteiger partial charge in [-0.3, -0.25) is 0 Å². The predicted octanol–water partition coefficient (Wildman–Crippen LogP) is -6.96. The van der Waals surface area contributed by atoms with Crippen molar-refractivity contribution < 1.29 is 101 Å². The largest absolute Gasteiger partial charge is 4.00 e. The van der Waals surface area contributed by atoms with Gasteiger partial charge in [0.25, 0.3) is 0 Å². The summed E-state index contributed by atoms with van der Waals surface area (Å²) in [5, 5.41) is 110. The molecule has 0 aromatic rings. The number of hydrogen-bond acceptors (Lipinski definition) is 16. The normalized spacial score (nSPS) is 15.9. The molecule has 0 aromatic carbocycles. The molecule has 0 saturated heterocycles. The minimum atomic E-state index is -1.34. The van der Waals surface area contributed by atoms with Crippen LogP contribution in [0.1, 0.15) is 79.1 Å². The van der Waals surface area contributed by atoms with Crippen molar-refractivity contribution in [2.75, 3.05) is 26.4 Å². The monoisotopic (exact) mass is 685 g/mol. The zero-order chi connectivity index (χ0) is 32.8. The Kier molecular flexibility index (Phi) is 29.6. The molecule has 0 aliphatic heterocycles. The molecule has 243 valence electrons. The van der Waals surface area contributed by atoms with E-state index in [4.69, 9.17) is 40.9 Å². The summed E-state index contributed by atoms with van der Waals surface area (Å²) in [5.41, 5.74) is -5.36. The molecule has 16 nitrogen and oxygen atoms in total. The summed E-state index contributed by atoms with van der Waals surface area (Å²) < 4.78 is 0. The van der Waals surface area contributed by atoms with E-state index in [2.05, 4.69) is 0 Å². The quantitative estimate of drug-likeness (QED) is 0.0748. The first-order chi connectivity index (χ1) is 17.9. The van der Waals surface area contributed by atoms with Gasteiger partial charge < -0.3 is 80.5 Å². The maximum atomic E-state index is 9.94. The molecule has 0 aromatic heterocycles. The molecule has 0 aliphatic carbocycles. The summed E-state index contributed by atoms with van der Waals surface area (Å²) in [6, 6.07) is 0. The topological polar surface area (TPSA) is 322 Å². The summed E-state index contributed by atoms with van der Waals surface area (Å²) in [7, 11) is 0. The molecule has 0 heterocycles. The molecule has 0 unspecified atom stereocenters. The fourth-order valence-corrected chi connectivity index (χ4v) is 2.56. The molecule has 0 spiro atoms. The first-order valence-corrected chi connectivity index (χ1v) is 12.0. The molecule has 41 heavy (non-hydrogen) atoms. The van der Waals surface area contributed by atoms with Crippen LogP contribution in [0.2, 0.25) is 0 Å². The van der Waals surface area contributed by atoms with Crippen LogP contribution >= 0.6 is 0 Å². The maximum absolute atomic E-state index is 9.94. The first-order valence-electron chi connectivity index (χ1n) is 12.0. The minimum absolute atomic E-state index is 0. The van der Waals surface area contributed by atoms with Gasteiger partial charge in [0, 0.05) is 76.0 Å². The Morgan fingerprint density at radius 1 is 0.439 bits per heavy atom. The number of carbonyl (C=O) groups excluding carboxylic acids is 4. The fraction of sp³-hybridized carbons (Fsp3) is 0.833. The predicted molar refractivity (Wildman–Crippen MR) is 128 cm³/mol. The molecule has 4 atom stereocenters. The number of carboxylic acids is 4. The third-order valence-electron chi connectivity index (χ3n) is 4.70. The van der Waals surface area contributed by atoms with Crippen LogP contribution in [0, 0.1) is 0 Å². The van der Waals surface area contributed by atoms with Gasteiger partial charge in [-0.25, -0.2) is 0 Å². The van der Waals surface area contributed by atoms with Crippen LogP contribution < -0.4 is 20.4 Å². The average Bonchev–Trinajstić information content (AvgIpc) is 2.64. The van der Waals surface area contributed by atoms with Crippen LogP contribution in [0.3, 0.4) is 0 Å². The van der Waals surface area contributed by atoms with E-state index >= 15 is 0 Å². The van der Waals surface area contributed by atoms with Crippen molar-refractivity contribution in [3.05, 3.63) is 0 Å². The summed E-state index contributed by atoms with van der Waals surface area (Å²) in [4.78, 5) is 39.7. The van der Waals surface area contributed by atoms with Gasteiger partial charge >= 0.3 is 20.1 Å². The minimum Gasteiger partial charge on any atom is -0.550 e. The van der Waals surface area contributed by atoms with Crippen molar-refractivity contribution in [2.45, 2.75) is 101 Å². The first kappa shape index (κ1) is 48.9. The molecule has 8 N–H and O–H groups in total. The van der Waals surface area contributed by atoms with Gasteiger partial charge in [0.1, 0.15) is 0 Å². The molecule has 17 heteroatoms. The van der Waals surface area contributed by atoms with E-state index in [1.54, 1.807) is 0 Å². The zero-order valence-electron chi connectivity index (χ0n) is 23.7. The van der Waals surface area contributed by atoms with Crippen LogP contribution in [0.5, 0.6) is 0 Å². The third kappa shape index (κ3) is 42.8. The molecule has 1 radical (unpaired) electrons. The Hall–Kier alpha value is -1.79. The Labute approximate surface area is 252 Å². The number of rotatable bonds is 16. The Bertz CT molecular complexity index is 602. The van der Waals surface area contributed by atoms with E-state index < -0.39 is 72.0 Å². The molecule has 0 rings (SSSR count). The van der Waals surface area contributed by atoms with Crippen LogP contribution in [0.4, 0.5) is 0 Å². The van der Waals surface area contributed by atoms with Gasteiger partial charge in [0.2, 0.25) is 0 Å². The molecular weight excluding hydrogens is 642 g/mol. The smallest absolute Gasteiger partial charge is 0.550 e. The fourth-order valence-electron chi connectivity index (χ4n) is 2.56. The third-order valence-corrected chi connectivity index (χ3v) is 4.70. The number of carbonyl (C=O) groups is 4. The number of aliphatic carboxylic acids is 4. The van der Waals surface area contributed by atoms with E-state index in [1.807, 2.05) is 0 Å². The van der Waals surface area contributed by atoms with E-state index in [-0.39, 0.29) is 72.2 Å². The van der Waals surface area contributed by atoms with Gasteiger partial charge in [-0.05, 0) is 53.4 Å². The standard InChI is InChI=1S/4C6H12O4.Tc/c4*1-6(10,2-3-7)4-5(8)9;/h4*7,10H,2-4H2,1H3,(H,8,9);/q;;;;+4/p-4/t4*6-;/m1111./s1. The van der Waals surface area contributed by atoms with Crippen molar-refractivity contribution in [3.8, 4) is 0 Å². The van der Waals surface area contributed by atoms with E-state index in [1.165, 1.54) is 27.7 Å². The second kappa shape index (κ2) is 24.8. The van der Waals surface area contributed by atoms with Crippen molar-refractivity contribution >= 4 is 23.9 Å². The molecule has 0 saturated carbocycles. The zero-order valence-corrected chi connectivity index (χ0v) is 25.6. The van der Waals surface area contributed by atoms with Crippen LogP contribution in [-0.2, 0) is 39.3 Å². The van der Waals surface area contributed by atoms with E-state index in [0.717, 1.165) is 0 Å². The molecule has 0 bridgehead atoms. The summed E-state index contributed by atoms with van der Waals surface area (Å²) in [6.45, 7) is 4.50. The van der Waals surface area contributed by atoms with Gasteiger partial charge in [-0.2, -0.15) is 0 Å². The van der Waals surface area contributed by atoms with Crippen molar-refractivity contribution in [2.24, 2.45) is 0 Å². The molecule has 0 amide bonds. The maximum Gasteiger partial charge on any atom is 4.00 e. The van der Waals surface area contributed by atoms with E-state index in [0.29, 0.717) is 0 Å².